The van der Waals surface area contributed by atoms with Gasteiger partial charge < -0.3 is 15.7 Å². The van der Waals surface area contributed by atoms with Crippen LogP contribution >= 0.6 is 11.6 Å². The van der Waals surface area contributed by atoms with Gasteiger partial charge in [-0.05, 0) is 79.8 Å². The third-order valence-electron chi connectivity index (χ3n) is 7.11. The van der Waals surface area contributed by atoms with Gasteiger partial charge in [0.05, 0.1) is 45.3 Å². The van der Waals surface area contributed by atoms with E-state index in [2.05, 4.69) is 15.7 Å². The Bertz CT molecular complexity index is 1540. The van der Waals surface area contributed by atoms with E-state index in [4.69, 9.17) is 11.6 Å². The molecule has 208 valence electrons. The number of hydrogen-bond donors (Lipinski definition) is 3. The van der Waals surface area contributed by atoms with Crippen LogP contribution in [0.25, 0.3) is 16.6 Å². The summed E-state index contributed by atoms with van der Waals surface area (Å²) in [5, 5.41) is 20.6. The van der Waals surface area contributed by atoms with Crippen molar-refractivity contribution in [2.45, 2.75) is 44.5 Å². The van der Waals surface area contributed by atoms with Crippen LogP contribution in [0.4, 0.5) is 18.9 Å². The molecule has 1 aliphatic rings. The molecule has 0 unspecified atom stereocenters. The van der Waals surface area contributed by atoms with E-state index in [-0.39, 0.29) is 35.1 Å². The number of aliphatic hydroxyl groups excluding tert-OH is 1. The summed E-state index contributed by atoms with van der Waals surface area (Å²) in [6.07, 6.45) is -0.748. The Balaban J connectivity index is 1.31. The van der Waals surface area contributed by atoms with Gasteiger partial charge in [0.1, 0.15) is 0 Å². The van der Waals surface area contributed by atoms with Gasteiger partial charge in [0.2, 0.25) is 5.91 Å². The Morgan fingerprint density at radius 3 is 2.45 bits per heavy atom. The van der Waals surface area contributed by atoms with Gasteiger partial charge in [-0.25, -0.2) is 4.68 Å². The van der Waals surface area contributed by atoms with Crippen molar-refractivity contribution in [2.24, 2.45) is 5.92 Å². The highest BCUT2D eigenvalue weighted by molar-refractivity contribution is 6.34. The van der Waals surface area contributed by atoms with Gasteiger partial charge in [-0.1, -0.05) is 23.7 Å². The van der Waals surface area contributed by atoms with Crippen molar-refractivity contribution >= 4 is 40.0 Å². The molecule has 40 heavy (non-hydrogen) atoms. The summed E-state index contributed by atoms with van der Waals surface area (Å²) in [7, 11) is 0. The molecule has 0 radical (unpaired) electrons. The molecule has 0 atom stereocenters. The van der Waals surface area contributed by atoms with Crippen LogP contribution in [0.2, 0.25) is 5.02 Å². The normalized spacial score (nSPS) is 17.5. The number of fused-ring (bicyclic) bond motifs is 1. The van der Waals surface area contributed by atoms with Crippen LogP contribution in [0.15, 0.2) is 66.9 Å². The van der Waals surface area contributed by atoms with Crippen LogP contribution in [-0.2, 0) is 17.5 Å². The molecule has 3 aromatic carbocycles. The summed E-state index contributed by atoms with van der Waals surface area (Å²) < 4.78 is 40.4. The lowest BCUT2D eigenvalue weighted by Crippen LogP contribution is -2.33. The number of halogens is 4. The molecule has 0 saturated heterocycles. The first-order chi connectivity index (χ1) is 19.1. The zero-order valence-electron chi connectivity index (χ0n) is 21.2. The van der Waals surface area contributed by atoms with Crippen LogP contribution in [0.1, 0.15) is 47.2 Å². The molecule has 0 aliphatic heterocycles. The quantitative estimate of drug-likeness (QED) is 0.260. The number of hydrogen-bond acceptors (Lipinski definition) is 4. The summed E-state index contributed by atoms with van der Waals surface area (Å²) in [6, 6.07) is 14.8. The van der Waals surface area contributed by atoms with Gasteiger partial charge >= 0.3 is 6.18 Å². The number of carbonyl (C=O) groups excluding carboxylic acids is 2. The Labute approximate surface area is 232 Å². The van der Waals surface area contributed by atoms with E-state index in [9.17, 15) is 27.9 Å². The maximum Gasteiger partial charge on any atom is 0.416 e. The topological polar surface area (TPSA) is 96.3 Å². The van der Waals surface area contributed by atoms with E-state index in [1.165, 1.54) is 23.0 Å². The average Bonchev–Trinajstić information content (AvgIpc) is 3.37. The number of benzene rings is 3. The van der Waals surface area contributed by atoms with Gasteiger partial charge in [-0.2, -0.15) is 18.3 Å². The van der Waals surface area contributed by atoms with Crippen molar-refractivity contribution < 1.29 is 27.9 Å². The Hall–Kier alpha value is -3.89. The van der Waals surface area contributed by atoms with Gasteiger partial charge in [0, 0.05) is 17.8 Å². The minimum atomic E-state index is -4.44. The minimum Gasteiger partial charge on any atom is -0.393 e. The Kier molecular flexibility index (Phi) is 7.82. The highest BCUT2D eigenvalue weighted by Gasteiger charge is 2.30. The third-order valence-corrected chi connectivity index (χ3v) is 7.44. The molecular formula is C29H26ClF3N4O3. The standard InChI is InChI=1S/C29H26ClF3N4O3/c30-24-13-4-17(15-34-27(39)18-5-11-21(38)12-6-18)14-22(24)28(40)36-25-2-1-3-26-23(25)16-35-37(26)20-9-7-19(8-10-20)29(31,32)33/h1-4,7-10,13-14,16,18,21,38H,5-6,11-12,15H2,(H,34,39)(H,36,40). The fourth-order valence-electron chi connectivity index (χ4n) is 4.87. The van der Waals surface area contributed by atoms with E-state index in [1.54, 1.807) is 36.4 Å². The summed E-state index contributed by atoms with van der Waals surface area (Å²) in [4.78, 5) is 25.8. The summed E-state index contributed by atoms with van der Waals surface area (Å²) in [5.41, 5.74) is 1.65. The lowest BCUT2D eigenvalue weighted by molar-refractivity contribution is -0.137. The Morgan fingerprint density at radius 1 is 1.02 bits per heavy atom. The second kappa shape index (κ2) is 11.3. The maximum absolute atomic E-state index is 13.2. The van der Waals surface area contributed by atoms with Crippen LogP contribution in [0, 0.1) is 5.92 Å². The van der Waals surface area contributed by atoms with Crippen LogP contribution in [0.5, 0.6) is 0 Å². The molecule has 2 amide bonds. The number of amides is 2. The summed E-state index contributed by atoms with van der Waals surface area (Å²) in [5.74, 6) is -0.679. The van der Waals surface area contributed by atoms with E-state index in [0.29, 0.717) is 53.5 Å². The molecule has 1 fully saturated rings. The summed E-state index contributed by atoms with van der Waals surface area (Å²) >= 11 is 6.33. The molecule has 1 heterocycles. The average molecular weight is 571 g/mol. The smallest absolute Gasteiger partial charge is 0.393 e. The van der Waals surface area contributed by atoms with Crippen molar-refractivity contribution in [3.05, 3.63) is 88.6 Å². The number of nitrogens with one attached hydrogen (secondary N) is 2. The SMILES string of the molecule is O=C(Nc1cccc2c1cnn2-c1ccc(C(F)(F)F)cc1)c1cc(CNC(=O)C2CCC(O)CC2)ccc1Cl. The van der Waals surface area contributed by atoms with Gasteiger partial charge in [-0.3, -0.25) is 9.59 Å². The monoisotopic (exact) mass is 570 g/mol. The first-order valence-corrected chi connectivity index (χ1v) is 13.2. The highest BCUT2D eigenvalue weighted by atomic mass is 35.5. The maximum atomic E-state index is 13.2. The van der Waals surface area contributed by atoms with Crippen LogP contribution < -0.4 is 10.6 Å². The zero-order chi connectivity index (χ0) is 28.4. The molecule has 0 spiro atoms. The van der Waals surface area contributed by atoms with Crippen molar-refractivity contribution in [2.75, 3.05) is 5.32 Å². The number of alkyl halides is 3. The molecule has 3 N–H and O–H groups in total. The van der Waals surface area contributed by atoms with Gasteiger partial charge in [0.15, 0.2) is 0 Å². The van der Waals surface area contributed by atoms with Gasteiger partial charge in [-0.15, -0.1) is 0 Å². The summed E-state index contributed by atoms with van der Waals surface area (Å²) in [6.45, 7) is 0.227. The number of rotatable bonds is 6. The number of aromatic nitrogens is 2. The number of nitrogens with zero attached hydrogens (tertiary/aromatic N) is 2. The van der Waals surface area contributed by atoms with Crippen molar-refractivity contribution in [3.8, 4) is 5.69 Å². The van der Waals surface area contributed by atoms with E-state index in [0.717, 1.165) is 12.1 Å². The molecule has 1 aliphatic carbocycles. The van der Waals surface area contributed by atoms with E-state index >= 15 is 0 Å². The second-order valence-corrected chi connectivity index (χ2v) is 10.2. The predicted octanol–water partition coefficient (Wildman–Crippen LogP) is 6.12. The van der Waals surface area contributed by atoms with E-state index < -0.39 is 17.6 Å². The fourth-order valence-corrected chi connectivity index (χ4v) is 5.08. The molecule has 4 aromatic rings. The molecule has 5 rings (SSSR count). The van der Waals surface area contributed by atoms with Crippen molar-refractivity contribution in [1.29, 1.82) is 0 Å². The van der Waals surface area contributed by atoms with Crippen LogP contribution in [0.3, 0.4) is 0 Å². The number of anilines is 1. The van der Waals surface area contributed by atoms with Crippen LogP contribution in [-0.4, -0.2) is 32.8 Å². The molecule has 0 bridgehead atoms. The zero-order valence-corrected chi connectivity index (χ0v) is 22.0. The lowest BCUT2D eigenvalue weighted by Gasteiger charge is -2.24. The first-order valence-electron chi connectivity index (χ1n) is 12.8. The van der Waals surface area contributed by atoms with Gasteiger partial charge in [0.25, 0.3) is 5.91 Å². The minimum absolute atomic E-state index is 0.0791. The molecule has 7 nitrogen and oxygen atoms in total. The van der Waals surface area contributed by atoms with Crippen molar-refractivity contribution in [3.63, 3.8) is 0 Å². The molecule has 11 heteroatoms. The largest absolute Gasteiger partial charge is 0.416 e. The number of carbonyl (C=O) groups is 2. The van der Waals surface area contributed by atoms with E-state index in [1.807, 2.05) is 0 Å². The molecule has 1 saturated carbocycles. The number of aliphatic hydroxyl groups is 1. The lowest BCUT2D eigenvalue weighted by atomic mass is 9.87. The van der Waals surface area contributed by atoms with Crippen molar-refractivity contribution in [1.82, 2.24) is 15.1 Å². The third kappa shape index (κ3) is 5.97. The molecule has 1 aromatic heterocycles. The fraction of sp³-hybridized carbons (Fsp3) is 0.276. The second-order valence-electron chi connectivity index (χ2n) is 9.83. The molecular weight excluding hydrogens is 545 g/mol. The predicted molar refractivity (Wildman–Crippen MR) is 145 cm³/mol. The first kappa shape index (κ1) is 27.7. The highest BCUT2D eigenvalue weighted by Crippen LogP contribution is 2.31. The Morgan fingerprint density at radius 2 is 1.75 bits per heavy atom.